The molecule has 0 amide bonds. The van der Waals surface area contributed by atoms with Crippen LogP contribution in [0.1, 0.15) is 12.5 Å². The van der Waals surface area contributed by atoms with Crippen molar-refractivity contribution in [2.24, 2.45) is 0 Å². The largest absolute Gasteiger partial charge is 0.506 e. The highest BCUT2D eigenvalue weighted by Gasteiger charge is 2.13. The average Bonchev–Trinajstić information content (AvgIpc) is 2.90. The van der Waals surface area contributed by atoms with E-state index in [0.717, 1.165) is 12.0 Å². The summed E-state index contributed by atoms with van der Waals surface area (Å²) in [7, 11) is 0. The number of aryl methyl sites for hydroxylation is 1. The number of nitrogens with zero attached hydrogens (tertiary/aromatic N) is 4. The molecule has 0 saturated heterocycles. The van der Waals surface area contributed by atoms with Crippen molar-refractivity contribution >= 4 is 16.7 Å². The Morgan fingerprint density at radius 3 is 2.67 bits per heavy atom. The normalized spacial score (nSPS) is 10.9. The van der Waals surface area contributed by atoms with Crippen molar-refractivity contribution in [1.29, 1.82) is 0 Å². The van der Waals surface area contributed by atoms with E-state index < -0.39 is 4.92 Å². The molecule has 3 rings (SSSR count). The SMILES string of the molecule is CCc1ccc(O)c(-n2nc3ccc([N+](=O)[O-])cc3n2)c1. The number of rotatable bonds is 3. The Labute approximate surface area is 119 Å². The van der Waals surface area contributed by atoms with E-state index in [2.05, 4.69) is 10.2 Å². The summed E-state index contributed by atoms with van der Waals surface area (Å²) in [4.78, 5) is 11.6. The molecule has 7 nitrogen and oxygen atoms in total. The van der Waals surface area contributed by atoms with Crippen LogP contribution in [0.25, 0.3) is 16.7 Å². The van der Waals surface area contributed by atoms with Crippen LogP contribution in [0.2, 0.25) is 0 Å². The van der Waals surface area contributed by atoms with Crippen LogP contribution in [0.4, 0.5) is 5.69 Å². The number of aromatic nitrogens is 3. The fourth-order valence-corrected chi connectivity index (χ4v) is 2.07. The van der Waals surface area contributed by atoms with Gasteiger partial charge in [0.1, 0.15) is 22.5 Å². The van der Waals surface area contributed by atoms with E-state index in [9.17, 15) is 15.2 Å². The average molecular weight is 284 g/mol. The minimum Gasteiger partial charge on any atom is -0.506 e. The Kier molecular flexibility index (Phi) is 3.02. The van der Waals surface area contributed by atoms with Gasteiger partial charge in [0, 0.05) is 12.1 Å². The highest BCUT2D eigenvalue weighted by atomic mass is 16.6. The first kappa shape index (κ1) is 13.0. The van der Waals surface area contributed by atoms with Gasteiger partial charge in [-0.2, -0.15) is 0 Å². The Morgan fingerprint density at radius 1 is 1.19 bits per heavy atom. The number of phenols is 1. The van der Waals surface area contributed by atoms with Gasteiger partial charge in [-0.1, -0.05) is 13.0 Å². The molecule has 2 aromatic carbocycles. The zero-order chi connectivity index (χ0) is 15.0. The molecule has 0 aliphatic rings. The Balaban J connectivity index is 2.15. The van der Waals surface area contributed by atoms with Crippen molar-refractivity contribution in [2.75, 3.05) is 0 Å². The molecule has 0 spiro atoms. The molecular weight excluding hydrogens is 272 g/mol. The van der Waals surface area contributed by atoms with Crippen molar-refractivity contribution in [3.8, 4) is 11.4 Å². The molecular formula is C14H12N4O3. The van der Waals surface area contributed by atoms with E-state index in [1.165, 1.54) is 23.0 Å². The van der Waals surface area contributed by atoms with E-state index in [-0.39, 0.29) is 11.4 Å². The van der Waals surface area contributed by atoms with E-state index in [4.69, 9.17) is 0 Å². The quantitative estimate of drug-likeness (QED) is 0.589. The summed E-state index contributed by atoms with van der Waals surface area (Å²) >= 11 is 0. The lowest BCUT2D eigenvalue weighted by Gasteiger charge is -2.04. The van der Waals surface area contributed by atoms with E-state index in [1.54, 1.807) is 12.1 Å². The molecule has 3 aromatic rings. The monoisotopic (exact) mass is 284 g/mol. The molecule has 1 aromatic heterocycles. The Bertz CT molecular complexity index is 841. The topological polar surface area (TPSA) is 94.1 Å². The summed E-state index contributed by atoms with van der Waals surface area (Å²) in [5.74, 6) is 0.0574. The van der Waals surface area contributed by atoms with Gasteiger partial charge in [0.05, 0.1) is 4.92 Å². The molecule has 7 heteroatoms. The summed E-state index contributed by atoms with van der Waals surface area (Å²) in [6, 6.07) is 9.49. The van der Waals surface area contributed by atoms with Crippen LogP contribution in [0.15, 0.2) is 36.4 Å². The third-order valence-electron chi connectivity index (χ3n) is 3.24. The molecule has 0 aliphatic heterocycles. The van der Waals surface area contributed by atoms with Crippen molar-refractivity contribution in [2.45, 2.75) is 13.3 Å². The van der Waals surface area contributed by atoms with Gasteiger partial charge < -0.3 is 5.11 Å². The first-order valence-corrected chi connectivity index (χ1v) is 6.42. The highest BCUT2D eigenvalue weighted by Crippen LogP contribution is 2.24. The number of phenolic OH excluding ortho intramolecular Hbond substituents is 1. The van der Waals surface area contributed by atoms with Gasteiger partial charge in [-0.05, 0) is 30.2 Å². The molecule has 106 valence electrons. The number of hydrogen-bond acceptors (Lipinski definition) is 5. The summed E-state index contributed by atoms with van der Waals surface area (Å²) in [5.41, 5.74) is 2.39. The predicted octanol–water partition coefficient (Wildman–Crippen LogP) is 2.60. The van der Waals surface area contributed by atoms with Gasteiger partial charge in [0.15, 0.2) is 0 Å². The molecule has 0 saturated carbocycles. The van der Waals surface area contributed by atoms with Crippen molar-refractivity contribution in [1.82, 2.24) is 15.0 Å². The summed E-state index contributed by atoms with van der Waals surface area (Å²) in [6.07, 6.45) is 0.819. The van der Waals surface area contributed by atoms with Crippen LogP contribution in [0.3, 0.4) is 0 Å². The predicted molar refractivity (Wildman–Crippen MR) is 76.6 cm³/mol. The second-order valence-electron chi connectivity index (χ2n) is 4.60. The lowest BCUT2D eigenvalue weighted by atomic mass is 10.1. The summed E-state index contributed by atoms with van der Waals surface area (Å²) in [6.45, 7) is 2.01. The van der Waals surface area contributed by atoms with Crippen LogP contribution >= 0.6 is 0 Å². The van der Waals surface area contributed by atoms with Gasteiger partial charge in [-0.15, -0.1) is 15.0 Å². The molecule has 0 fully saturated rings. The van der Waals surface area contributed by atoms with Crippen LogP contribution in [-0.4, -0.2) is 25.0 Å². The van der Waals surface area contributed by atoms with Gasteiger partial charge in [-0.3, -0.25) is 10.1 Å². The molecule has 0 aliphatic carbocycles. The second kappa shape index (κ2) is 4.86. The maximum atomic E-state index is 10.8. The van der Waals surface area contributed by atoms with Gasteiger partial charge in [0.25, 0.3) is 5.69 Å². The van der Waals surface area contributed by atoms with E-state index in [1.807, 2.05) is 13.0 Å². The number of hydrogen-bond donors (Lipinski definition) is 1. The molecule has 21 heavy (non-hydrogen) atoms. The van der Waals surface area contributed by atoms with Crippen LogP contribution < -0.4 is 0 Å². The number of non-ortho nitro benzene ring substituents is 1. The summed E-state index contributed by atoms with van der Waals surface area (Å²) in [5, 5.41) is 29.2. The standard InChI is InChI=1S/C14H12N4O3/c1-2-9-3-6-14(19)13(7-9)17-15-11-5-4-10(18(20)21)8-12(11)16-17/h3-8,19H,2H2,1H3. The van der Waals surface area contributed by atoms with E-state index in [0.29, 0.717) is 16.7 Å². The molecule has 0 radical (unpaired) electrons. The lowest BCUT2D eigenvalue weighted by Crippen LogP contribution is -1.99. The fraction of sp³-hybridized carbons (Fsp3) is 0.143. The smallest absolute Gasteiger partial charge is 0.271 e. The van der Waals surface area contributed by atoms with Crippen molar-refractivity contribution < 1.29 is 10.0 Å². The number of nitro groups is 1. The molecule has 1 heterocycles. The van der Waals surface area contributed by atoms with Crippen molar-refractivity contribution in [3.05, 3.63) is 52.1 Å². The van der Waals surface area contributed by atoms with Gasteiger partial charge in [0.2, 0.25) is 0 Å². The van der Waals surface area contributed by atoms with Crippen LogP contribution in [0, 0.1) is 10.1 Å². The Hall–Kier alpha value is -2.96. The highest BCUT2D eigenvalue weighted by molar-refractivity contribution is 5.76. The third kappa shape index (κ3) is 2.29. The maximum absolute atomic E-state index is 10.8. The minimum atomic E-state index is -0.479. The molecule has 0 atom stereocenters. The molecule has 0 unspecified atom stereocenters. The van der Waals surface area contributed by atoms with Gasteiger partial charge in [-0.25, -0.2) is 0 Å². The summed E-state index contributed by atoms with van der Waals surface area (Å²) < 4.78 is 0. The van der Waals surface area contributed by atoms with Crippen molar-refractivity contribution in [3.63, 3.8) is 0 Å². The first-order chi connectivity index (χ1) is 10.1. The molecule has 1 N–H and O–H groups in total. The Morgan fingerprint density at radius 2 is 1.95 bits per heavy atom. The zero-order valence-electron chi connectivity index (χ0n) is 11.2. The molecule has 0 bridgehead atoms. The van der Waals surface area contributed by atoms with Gasteiger partial charge >= 0.3 is 0 Å². The number of benzene rings is 2. The second-order valence-corrected chi connectivity index (χ2v) is 4.60. The zero-order valence-corrected chi connectivity index (χ0v) is 11.2. The number of aromatic hydroxyl groups is 1. The fourth-order valence-electron chi connectivity index (χ4n) is 2.07. The number of nitro benzene ring substituents is 1. The first-order valence-electron chi connectivity index (χ1n) is 6.42. The van der Waals surface area contributed by atoms with Crippen LogP contribution in [0.5, 0.6) is 5.75 Å². The number of fused-ring (bicyclic) bond motifs is 1. The third-order valence-corrected chi connectivity index (χ3v) is 3.24. The van der Waals surface area contributed by atoms with E-state index >= 15 is 0 Å². The van der Waals surface area contributed by atoms with Crippen LogP contribution in [-0.2, 0) is 6.42 Å². The minimum absolute atomic E-state index is 0.0407. The lowest BCUT2D eigenvalue weighted by molar-refractivity contribution is -0.384. The maximum Gasteiger partial charge on any atom is 0.271 e.